The van der Waals surface area contributed by atoms with Crippen molar-refractivity contribution in [3.05, 3.63) is 30.0 Å². The molecule has 0 aliphatic carbocycles. The van der Waals surface area contributed by atoms with Gasteiger partial charge in [0.2, 0.25) is 0 Å². The second-order valence-corrected chi connectivity index (χ2v) is 6.32. The lowest BCUT2D eigenvalue weighted by Crippen LogP contribution is -2.48. The van der Waals surface area contributed by atoms with E-state index in [4.69, 9.17) is 9.84 Å². The second kappa shape index (κ2) is 6.46. The third-order valence-electron chi connectivity index (χ3n) is 4.19. The lowest BCUT2D eigenvalue weighted by Gasteiger charge is -2.37. The molecular formula is C16H22BrN3O. The molecule has 0 amide bonds. The lowest BCUT2D eigenvalue weighted by molar-refractivity contribution is -0.0503. The van der Waals surface area contributed by atoms with Crippen molar-refractivity contribution in [1.29, 1.82) is 0 Å². The Morgan fingerprint density at radius 2 is 2.19 bits per heavy atom. The van der Waals surface area contributed by atoms with Crippen molar-refractivity contribution in [2.45, 2.75) is 39.1 Å². The zero-order valence-corrected chi connectivity index (χ0v) is 14.2. The van der Waals surface area contributed by atoms with Crippen molar-refractivity contribution in [3.8, 4) is 0 Å². The molecule has 0 radical (unpaired) electrons. The van der Waals surface area contributed by atoms with Crippen LogP contribution in [0.3, 0.4) is 0 Å². The topological polar surface area (TPSA) is 30.3 Å². The Morgan fingerprint density at radius 1 is 1.38 bits per heavy atom. The van der Waals surface area contributed by atoms with Gasteiger partial charge in [-0.05, 0) is 19.9 Å². The highest BCUT2D eigenvalue weighted by molar-refractivity contribution is 9.09. The minimum atomic E-state index is 0.278. The molecule has 0 N–H and O–H groups in total. The Morgan fingerprint density at radius 3 is 2.95 bits per heavy atom. The summed E-state index contributed by atoms with van der Waals surface area (Å²) in [6, 6.07) is 8.94. The van der Waals surface area contributed by atoms with Crippen molar-refractivity contribution in [2.24, 2.45) is 0 Å². The van der Waals surface area contributed by atoms with Gasteiger partial charge >= 0.3 is 0 Å². The summed E-state index contributed by atoms with van der Waals surface area (Å²) in [6.07, 6.45) is 0.278. The first-order chi connectivity index (χ1) is 10.2. The van der Waals surface area contributed by atoms with E-state index >= 15 is 0 Å². The molecule has 1 aromatic heterocycles. The minimum absolute atomic E-state index is 0.278. The third-order valence-corrected chi connectivity index (χ3v) is 4.92. The molecule has 0 spiro atoms. The first-order valence-corrected chi connectivity index (χ1v) is 8.71. The van der Waals surface area contributed by atoms with Gasteiger partial charge in [0, 0.05) is 36.4 Å². The van der Waals surface area contributed by atoms with Crippen LogP contribution >= 0.6 is 15.9 Å². The maximum absolute atomic E-state index is 5.81. The van der Waals surface area contributed by atoms with Crippen LogP contribution in [0.5, 0.6) is 0 Å². The lowest BCUT2D eigenvalue weighted by atomic mass is 10.1. The smallest absolute Gasteiger partial charge is 0.0843 e. The highest BCUT2D eigenvalue weighted by atomic mass is 79.9. The van der Waals surface area contributed by atoms with Gasteiger partial charge in [0.25, 0.3) is 0 Å². The molecule has 0 saturated carbocycles. The van der Waals surface area contributed by atoms with Crippen molar-refractivity contribution < 1.29 is 4.74 Å². The first kappa shape index (κ1) is 15.0. The highest BCUT2D eigenvalue weighted by Gasteiger charge is 2.26. The van der Waals surface area contributed by atoms with Crippen LogP contribution < -0.4 is 0 Å². The molecule has 4 nitrogen and oxygen atoms in total. The van der Waals surface area contributed by atoms with Gasteiger partial charge in [-0.3, -0.25) is 9.58 Å². The molecule has 114 valence electrons. The fraction of sp³-hybridized carbons (Fsp3) is 0.562. The number of aryl methyl sites for hydroxylation is 1. The fourth-order valence-corrected chi connectivity index (χ4v) is 3.33. The van der Waals surface area contributed by atoms with E-state index in [1.807, 2.05) is 0 Å². The van der Waals surface area contributed by atoms with Gasteiger partial charge in [0.05, 0.1) is 23.9 Å². The van der Waals surface area contributed by atoms with Gasteiger partial charge in [0.15, 0.2) is 0 Å². The summed E-state index contributed by atoms with van der Waals surface area (Å²) < 4.78 is 7.90. The van der Waals surface area contributed by atoms with Gasteiger partial charge in [-0.2, -0.15) is 5.10 Å². The monoisotopic (exact) mass is 351 g/mol. The molecule has 1 aliphatic heterocycles. The van der Waals surface area contributed by atoms with Crippen LogP contribution in [-0.2, 0) is 17.8 Å². The Labute approximate surface area is 134 Å². The number of ether oxygens (including phenoxy) is 1. The normalized spacial score (nSPS) is 23.8. The molecule has 5 heteroatoms. The number of benzene rings is 1. The van der Waals surface area contributed by atoms with Crippen LogP contribution in [0.4, 0.5) is 0 Å². The molecule has 1 aliphatic rings. The molecule has 1 aromatic carbocycles. The maximum atomic E-state index is 5.81. The van der Waals surface area contributed by atoms with Crippen molar-refractivity contribution in [1.82, 2.24) is 14.7 Å². The quantitative estimate of drug-likeness (QED) is 0.793. The predicted octanol–water partition coefficient (Wildman–Crippen LogP) is 3.04. The minimum Gasteiger partial charge on any atom is -0.374 e. The highest BCUT2D eigenvalue weighted by Crippen LogP contribution is 2.22. The predicted molar refractivity (Wildman–Crippen MR) is 88.8 cm³/mol. The summed E-state index contributed by atoms with van der Waals surface area (Å²) in [5.41, 5.74) is 2.41. The van der Waals surface area contributed by atoms with Gasteiger partial charge in [0.1, 0.15) is 0 Å². The van der Waals surface area contributed by atoms with Crippen LogP contribution in [0.2, 0.25) is 0 Å². The van der Waals surface area contributed by atoms with Crippen LogP contribution in [0, 0.1) is 0 Å². The summed E-state index contributed by atoms with van der Waals surface area (Å²) in [5, 5.41) is 6.97. The summed E-state index contributed by atoms with van der Waals surface area (Å²) in [6.45, 7) is 7.91. The Kier molecular flexibility index (Phi) is 4.62. The molecule has 1 fully saturated rings. The zero-order chi connectivity index (χ0) is 14.8. The first-order valence-electron chi connectivity index (χ1n) is 7.59. The zero-order valence-electron chi connectivity index (χ0n) is 12.6. The Balaban J connectivity index is 1.87. The fourth-order valence-electron chi connectivity index (χ4n) is 2.94. The molecule has 2 aromatic rings. The van der Waals surface area contributed by atoms with Crippen molar-refractivity contribution in [3.63, 3.8) is 0 Å². The molecular weight excluding hydrogens is 330 g/mol. The molecule has 0 bridgehead atoms. The molecule has 2 unspecified atom stereocenters. The van der Waals surface area contributed by atoms with Crippen LogP contribution in [-0.4, -0.2) is 45.3 Å². The van der Waals surface area contributed by atoms with Crippen molar-refractivity contribution >= 4 is 26.8 Å². The molecule has 2 atom stereocenters. The number of fused-ring (bicyclic) bond motifs is 1. The van der Waals surface area contributed by atoms with Gasteiger partial charge in [-0.25, -0.2) is 0 Å². The van der Waals surface area contributed by atoms with Gasteiger partial charge < -0.3 is 4.74 Å². The van der Waals surface area contributed by atoms with E-state index in [0.29, 0.717) is 6.04 Å². The van der Waals surface area contributed by atoms with Gasteiger partial charge in [-0.15, -0.1) is 0 Å². The third kappa shape index (κ3) is 3.00. The number of alkyl halides is 1. The van der Waals surface area contributed by atoms with Crippen LogP contribution in [0.1, 0.15) is 19.5 Å². The largest absolute Gasteiger partial charge is 0.374 e. The van der Waals surface area contributed by atoms with E-state index in [0.717, 1.165) is 31.6 Å². The average Bonchev–Trinajstić information content (AvgIpc) is 2.88. The summed E-state index contributed by atoms with van der Waals surface area (Å²) in [5.74, 6) is 0. The van der Waals surface area contributed by atoms with Crippen LogP contribution in [0.25, 0.3) is 10.9 Å². The second-order valence-electron chi connectivity index (χ2n) is 5.67. The number of halogens is 1. The van der Waals surface area contributed by atoms with E-state index in [2.05, 4.69) is 63.6 Å². The molecule has 1 saturated heterocycles. The van der Waals surface area contributed by atoms with E-state index < -0.39 is 0 Å². The van der Waals surface area contributed by atoms with Gasteiger partial charge in [-0.1, -0.05) is 34.1 Å². The number of hydrogen-bond donors (Lipinski definition) is 0. The van der Waals surface area contributed by atoms with E-state index in [9.17, 15) is 0 Å². The van der Waals surface area contributed by atoms with E-state index in [1.165, 1.54) is 16.6 Å². The van der Waals surface area contributed by atoms with Crippen molar-refractivity contribution in [2.75, 3.05) is 18.5 Å². The number of aromatic nitrogens is 2. The number of para-hydroxylation sites is 1. The standard InChI is InChI=1S/C16H22BrN3O/c1-3-20-16-7-5-4-6-14(16)15(18-20)10-19-9-13(8-17)21-11-12(19)2/h4-7,12-13H,3,8-11H2,1-2H3. The summed E-state index contributed by atoms with van der Waals surface area (Å²) in [4.78, 5) is 2.48. The van der Waals surface area contributed by atoms with E-state index in [1.54, 1.807) is 0 Å². The number of nitrogens with zero attached hydrogens (tertiary/aromatic N) is 3. The average molecular weight is 352 g/mol. The van der Waals surface area contributed by atoms with Crippen LogP contribution in [0.15, 0.2) is 24.3 Å². The SMILES string of the molecule is CCn1nc(CN2CC(CBr)OCC2C)c2ccccc21. The van der Waals surface area contributed by atoms with E-state index in [-0.39, 0.29) is 6.10 Å². The summed E-state index contributed by atoms with van der Waals surface area (Å²) in [7, 11) is 0. The Hall–Kier alpha value is -0.910. The number of morpholine rings is 1. The number of hydrogen-bond acceptors (Lipinski definition) is 3. The maximum Gasteiger partial charge on any atom is 0.0843 e. The number of rotatable bonds is 4. The molecule has 3 rings (SSSR count). The molecule has 21 heavy (non-hydrogen) atoms. The Bertz CT molecular complexity index is 613. The summed E-state index contributed by atoms with van der Waals surface area (Å²) >= 11 is 3.53. The molecule has 2 heterocycles.